The molecule has 5 nitrogen and oxygen atoms in total. The van der Waals surface area contributed by atoms with Crippen LogP contribution in [0.4, 0.5) is 0 Å². The van der Waals surface area contributed by atoms with E-state index in [1.54, 1.807) is 52.2 Å². The van der Waals surface area contributed by atoms with Gasteiger partial charge in [-0.15, -0.1) is 0 Å². The molecule has 0 saturated carbocycles. The molecular formula is C17H19N2O3+. The van der Waals surface area contributed by atoms with Gasteiger partial charge in [-0.3, -0.25) is 9.59 Å². The van der Waals surface area contributed by atoms with E-state index < -0.39 is 0 Å². The van der Waals surface area contributed by atoms with Crippen molar-refractivity contribution < 1.29 is 19.3 Å². The lowest BCUT2D eigenvalue weighted by Gasteiger charge is -2.07. The number of aromatic hydroxyl groups is 1. The zero-order valence-corrected chi connectivity index (χ0v) is 12.7. The molecule has 22 heavy (non-hydrogen) atoms. The predicted molar refractivity (Wildman–Crippen MR) is 82.0 cm³/mol. The molecule has 1 heterocycles. The maximum atomic E-state index is 12.2. The molecule has 1 aromatic heterocycles. The second-order valence-corrected chi connectivity index (χ2v) is 5.37. The minimum absolute atomic E-state index is 0.00522. The molecule has 0 aliphatic rings. The number of likely N-dealkylation sites (N-methyl/N-ethyl adjacent to an activating group) is 1. The summed E-state index contributed by atoms with van der Waals surface area (Å²) in [4.78, 5) is 26.1. The van der Waals surface area contributed by atoms with Crippen LogP contribution in [0.25, 0.3) is 0 Å². The average molecular weight is 299 g/mol. The Labute approximate surface area is 129 Å². The van der Waals surface area contributed by atoms with Crippen molar-refractivity contribution in [3.8, 4) is 5.75 Å². The van der Waals surface area contributed by atoms with Gasteiger partial charge in [-0.05, 0) is 32.3 Å². The number of aromatic nitrogens is 1. The fourth-order valence-corrected chi connectivity index (χ4v) is 2.12. The number of para-hydroxylation sites is 1. The monoisotopic (exact) mass is 299 g/mol. The van der Waals surface area contributed by atoms with E-state index >= 15 is 0 Å². The van der Waals surface area contributed by atoms with Crippen LogP contribution in [0.5, 0.6) is 5.75 Å². The molecule has 0 aliphatic carbocycles. The maximum absolute atomic E-state index is 12.2. The highest BCUT2D eigenvalue weighted by molar-refractivity contribution is 5.98. The van der Waals surface area contributed by atoms with Crippen molar-refractivity contribution in [2.24, 2.45) is 0 Å². The van der Waals surface area contributed by atoms with Crippen LogP contribution in [0.3, 0.4) is 0 Å². The summed E-state index contributed by atoms with van der Waals surface area (Å²) in [6.45, 7) is 0.387. The molecule has 0 atom stereocenters. The number of ketones is 2. The first kappa shape index (κ1) is 15.9. The summed E-state index contributed by atoms with van der Waals surface area (Å²) < 4.78 is 1.65. The lowest BCUT2D eigenvalue weighted by atomic mass is 10.1. The van der Waals surface area contributed by atoms with Crippen LogP contribution in [0.1, 0.15) is 20.7 Å². The van der Waals surface area contributed by atoms with Crippen molar-refractivity contribution in [1.82, 2.24) is 4.90 Å². The second-order valence-electron chi connectivity index (χ2n) is 5.37. The molecule has 2 aromatic rings. The Morgan fingerprint density at radius 2 is 1.82 bits per heavy atom. The van der Waals surface area contributed by atoms with Gasteiger partial charge in [0.15, 0.2) is 18.2 Å². The fourth-order valence-electron chi connectivity index (χ4n) is 2.12. The number of rotatable bonds is 6. The number of hydrogen-bond acceptors (Lipinski definition) is 4. The summed E-state index contributed by atoms with van der Waals surface area (Å²) in [5, 5.41) is 9.71. The highest BCUT2D eigenvalue weighted by atomic mass is 16.3. The molecule has 2 rings (SSSR count). The van der Waals surface area contributed by atoms with Gasteiger partial charge in [0, 0.05) is 6.07 Å². The SMILES string of the molecule is CN(C)CC(=O)c1ccc[n+](CC(=O)c2ccccc2O)c1. The number of Topliss-reactive ketones (excluding diaryl/α,β-unsaturated/α-hetero) is 2. The number of carbonyl (C=O) groups excluding carboxylic acids is 2. The molecule has 0 saturated heterocycles. The average Bonchev–Trinajstić information content (AvgIpc) is 2.47. The van der Waals surface area contributed by atoms with E-state index in [1.807, 2.05) is 14.1 Å². The summed E-state index contributed by atoms with van der Waals surface area (Å²) in [7, 11) is 3.66. The highest BCUT2D eigenvalue weighted by Gasteiger charge is 2.17. The quantitative estimate of drug-likeness (QED) is 0.645. The van der Waals surface area contributed by atoms with Crippen molar-refractivity contribution >= 4 is 11.6 Å². The summed E-state index contributed by atoms with van der Waals surface area (Å²) in [6, 6.07) is 9.90. The van der Waals surface area contributed by atoms with Crippen LogP contribution in [0.15, 0.2) is 48.8 Å². The standard InChI is InChI=1S/C17H18N2O3/c1-18(2)11-16(21)13-6-5-9-19(10-13)12-17(22)14-7-3-4-8-15(14)20/h3-10H,11-12H2,1-2H3/p+1. The van der Waals surface area contributed by atoms with Gasteiger partial charge in [-0.1, -0.05) is 12.1 Å². The van der Waals surface area contributed by atoms with Crippen molar-refractivity contribution in [3.05, 3.63) is 59.9 Å². The number of benzene rings is 1. The van der Waals surface area contributed by atoms with E-state index in [0.29, 0.717) is 12.1 Å². The van der Waals surface area contributed by atoms with E-state index in [9.17, 15) is 14.7 Å². The zero-order chi connectivity index (χ0) is 16.1. The first-order valence-corrected chi connectivity index (χ1v) is 6.95. The highest BCUT2D eigenvalue weighted by Crippen LogP contribution is 2.15. The Morgan fingerprint density at radius 3 is 2.50 bits per heavy atom. The van der Waals surface area contributed by atoms with Gasteiger partial charge in [0.05, 0.1) is 17.7 Å². The predicted octanol–water partition coefficient (Wildman–Crippen LogP) is 1.31. The third kappa shape index (κ3) is 3.99. The zero-order valence-electron chi connectivity index (χ0n) is 12.7. The van der Waals surface area contributed by atoms with E-state index in [4.69, 9.17) is 0 Å². The first-order chi connectivity index (χ1) is 10.5. The van der Waals surface area contributed by atoms with Crippen LogP contribution in [-0.4, -0.2) is 42.2 Å². The van der Waals surface area contributed by atoms with Crippen LogP contribution in [0.2, 0.25) is 0 Å². The molecule has 0 spiro atoms. The Bertz CT molecular complexity index is 696. The molecule has 0 unspecified atom stereocenters. The lowest BCUT2D eigenvalue weighted by molar-refractivity contribution is -0.683. The van der Waals surface area contributed by atoms with E-state index in [1.165, 1.54) is 6.07 Å². The van der Waals surface area contributed by atoms with Crippen LogP contribution >= 0.6 is 0 Å². The Morgan fingerprint density at radius 1 is 1.09 bits per heavy atom. The molecular weight excluding hydrogens is 280 g/mol. The van der Waals surface area contributed by atoms with E-state index in [-0.39, 0.29) is 29.4 Å². The third-order valence-corrected chi connectivity index (χ3v) is 3.17. The Hall–Kier alpha value is -2.53. The molecule has 5 heteroatoms. The van der Waals surface area contributed by atoms with Crippen molar-refractivity contribution in [2.75, 3.05) is 20.6 Å². The third-order valence-electron chi connectivity index (χ3n) is 3.17. The number of nitrogens with zero attached hydrogens (tertiary/aromatic N) is 2. The topological polar surface area (TPSA) is 61.5 Å². The number of hydrogen-bond donors (Lipinski definition) is 1. The smallest absolute Gasteiger partial charge is 0.231 e. The van der Waals surface area contributed by atoms with E-state index in [2.05, 4.69) is 0 Å². The maximum Gasteiger partial charge on any atom is 0.231 e. The summed E-state index contributed by atoms with van der Waals surface area (Å²) >= 11 is 0. The molecule has 1 aromatic carbocycles. The largest absolute Gasteiger partial charge is 0.507 e. The number of carbonyl (C=O) groups is 2. The minimum Gasteiger partial charge on any atom is -0.507 e. The summed E-state index contributed by atoms with van der Waals surface area (Å²) in [6.07, 6.45) is 3.38. The van der Waals surface area contributed by atoms with Crippen LogP contribution in [-0.2, 0) is 6.54 Å². The second kappa shape index (κ2) is 6.95. The Kier molecular flexibility index (Phi) is 5.01. The number of phenols is 1. The molecule has 114 valence electrons. The normalized spacial score (nSPS) is 10.7. The molecule has 0 amide bonds. The molecule has 0 aliphatic heterocycles. The van der Waals surface area contributed by atoms with Gasteiger partial charge < -0.3 is 10.0 Å². The minimum atomic E-state index is -0.208. The van der Waals surface area contributed by atoms with Crippen molar-refractivity contribution in [1.29, 1.82) is 0 Å². The van der Waals surface area contributed by atoms with Gasteiger partial charge in [-0.25, -0.2) is 0 Å². The van der Waals surface area contributed by atoms with Gasteiger partial charge >= 0.3 is 0 Å². The van der Waals surface area contributed by atoms with Crippen LogP contribution in [0, 0.1) is 0 Å². The number of phenolic OH excluding ortho intramolecular Hbond substituents is 1. The molecule has 0 radical (unpaired) electrons. The molecule has 0 fully saturated rings. The molecule has 0 bridgehead atoms. The lowest BCUT2D eigenvalue weighted by Crippen LogP contribution is -2.38. The van der Waals surface area contributed by atoms with E-state index in [0.717, 1.165) is 0 Å². The number of pyridine rings is 1. The van der Waals surface area contributed by atoms with Crippen molar-refractivity contribution in [2.45, 2.75) is 6.54 Å². The molecule has 1 N–H and O–H groups in total. The van der Waals surface area contributed by atoms with Gasteiger partial charge in [0.25, 0.3) is 0 Å². The first-order valence-electron chi connectivity index (χ1n) is 6.95. The summed E-state index contributed by atoms with van der Waals surface area (Å²) in [5.74, 6) is -0.248. The summed E-state index contributed by atoms with van der Waals surface area (Å²) in [5.41, 5.74) is 0.835. The van der Waals surface area contributed by atoms with Gasteiger partial charge in [0.2, 0.25) is 12.3 Å². The Balaban J connectivity index is 2.15. The van der Waals surface area contributed by atoms with Crippen LogP contribution < -0.4 is 4.57 Å². The fraction of sp³-hybridized carbons (Fsp3) is 0.235. The van der Waals surface area contributed by atoms with Gasteiger partial charge in [-0.2, -0.15) is 4.57 Å². The van der Waals surface area contributed by atoms with Gasteiger partial charge in [0.1, 0.15) is 5.75 Å². The van der Waals surface area contributed by atoms with Crippen molar-refractivity contribution in [3.63, 3.8) is 0 Å².